The second-order valence-electron chi connectivity index (χ2n) is 8.26. The van der Waals surface area contributed by atoms with Crippen LogP contribution >= 0.6 is 0 Å². The maximum Gasteiger partial charge on any atom is 0.406 e. The van der Waals surface area contributed by atoms with Crippen molar-refractivity contribution >= 4 is 11.8 Å². The quantitative estimate of drug-likeness (QED) is 0.854. The molecule has 5 rings (SSSR count). The number of likely N-dealkylation sites (tertiary alicyclic amines) is 1. The number of carbonyl (C=O) groups is 2. The molecule has 0 spiro atoms. The molecule has 134 valence electrons. The van der Waals surface area contributed by atoms with E-state index in [9.17, 15) is 22.8 Å². The Morgan fingerprint density at radius 1 is 1.08 bits per heavy atom. The second-order valence-corrected chi connectivity index (χ2v) is 8.26. The summed E-state index contributed by atoms with van der Waals surface area (Å²) < 4.78 is 37.5. The van der Waals surface area contributed by atoms with Crippen LogP contribution in [0.15, 0.2) is 0 Å². The number of hydrogen-bond donors (Lipinski definition) is 1. The van der Waals surface area contributed by atoms with E-state index in [-0.39, 0.29) is 24.9 Å². The predicted octanol–water partition coefficient (Wildman–Crippen LogP) is 2.34. The largest absolute Gasteiger partial charge is 0.406 e. The number of halogens is 3. The zero-order valence-corrected chi connectivity index (χ0v) is 13.5. The van der Waals surface area contributed by atoms with Crippen LogP contribution in [0.5, 0.6) is 0 Å². The molecule has 0 unspecified atom stereocenters. The van der Waals surface area contributed by atoms with Gasteiger partial charge < -0.3 is 10.2 Å². The van der Waals surface area contributed by atoms with E-state index in [1.807, 2.05) is 0 Å². The summed E-state index contributed by atoms with van der Waals surface area (Å²) in [5.41, 5.74) is 0. The van der Waals surface area contributed by atoms with Crippen LogP contribution in [0.3, 0.4) is 0 Å². The van der Waals surface area contributed by atoms with E-state index in [4.69, 9.17) is 0 Å². The Morgan fingerprint density at radius 2 is 1.67 bits per heavy atom. The number of carbonyl (C=O) groups excluding carboxylic acids is 2. The van der Waals surface area contributed by atoms with Crippen molar-refractivity contribution in [1.29, 1.82) is 0 Å². The lowest BCUT2D eigenvalue weighted by atomic mass is 9.54. The molecule has 7 heteroatoms. The van der Waals surface area contributed by atoms with Gasteiger partial charge in [0, 0.05) is 19.0 Å². The molecule has 4 aliphatic carbocycles. The summed E-state index contributed by atoms with van der Waals surface area (Å²) >= 11 is 0. The van der Waals surface area contributed by atoms with Gasteiger partial charge >= 0.3 is 6.18 Å². The fourth-order valence-electron chi connectivity index (χ4n) is 5.76. The van der Waals surface area contributed by atoms with Crippen molar-refractivity contribution in [3.8, 4) is 0 Å². The topological polar surface area (TPSA) is 49.4 Å². The van der Waals surface area contributed by atoms with E-state index >= 15 is 0 Å². The van der Waals surface area contributed by atoms with Crippen LogP contribution in [0.1, 0.15) is 38.5 Å². The van der Waals surface area contributed by atoms with Crippen molar-refractivity contribution in [3.63, 3.8) is 0 Å². The third-order valence-corrected chi connectivity index (χ3v) is 6.49. The van der Waals surface area contributed by atoms with E-state index in [1.165, 1.54) is 32.1 Å². The minimum Gasteiger partial charge on any atom is -0.353 e. The van der Waals surface area contributed by atoms with Crippen molar-refractivity contribution in [1.82, 2.24) is 10.2 Å². The van der Waals surface area contributed by atoms with Gasteiger partial charge in [-0.25, -0.2) is 0 Å². The Kier molecular flexibility index (Phi) is 3.80. The average molecular weight is 344 g/mol. The van der Waals surface area contributed by atoms with Crippen LogP contribution in [-0.2, 0) is 9.59 Å². The minimum absolute atomic E-state index is 0.102. The lowest BCUT2D eigenvalue weighted by Crippen LogP contribution is -2.56. The van der Waals surface area contributed by atoms with Crippen LogP contribution in [0, 0.1) is 29.6 Å². The van der Waals surface area contributed by atoms with Gasteiger partial charge in [-0.15, -0.1) is 0 Å². The highest BCUT2D eigenvalue weighted by atomic mass is 19.4. The number of hydrogen-bond acceptors (Lipinski definition) is 2. The summed E-state index contributed by atoms with van der Waals surface area (Å²) in [4.78, 5) is 25.0. The highest BCUT2D eigenvalue weighted by molar-refractivity contribution is 5.89. The smallest absolute Gasteiger partial charge is 0.353 e. The molecule has 1 aliphatic heterocycles. The Morgan fingerprint density at radius 3 is 2.21 bits per heavy atom. The van der Waals surface area contributed by atoms with Gasteiger partial charge in [-0.3, -0.25) is 9.59 Å². The average Bonchev–Trinajstić information content (AvgIpc) is 2.81. The predicted molar refractivity (Wildman–Crippen MR) is 79.7 cm³/mol. The summed E-state index contributed by atoms with van der Waals surface area (Å²) in [6.45, 7) is -1.37. The van der Waals surface area contributed by atoms with Gasteiger partial charge in [0.1, 0.15) is 6.54 Å². The van der Waals surface area contributed by atoms with E-state index < -0.39 is 24.5 Å². The van der Waals surface area contributed by atoms with Gasteiger partial charge in [0.05, 0.1) is 5.92 Å². The van der Waals surface area contributed by atoms with Crippen molar-refractivity contribution in [2.75, 3.05) is 13.1 Å². The molecule has 4 nitrogen and oxygen atoms in total. The SMILES string of the molecule is O=C(NC1C2CC3CC(C2)CC1C3)[C@@H]1CC(=O)N(CC(F)(F)F)C1. The molecule has 1 atom stereocenters. The Hall–Kier alpha value is -1.27. The molecule has 1 saturated heterocycles. The Labute approximate surface area is 139 Å². The molecule has 0 aromatic heterocycles. The Balaban J connectivity index is 1.36. The molecule has 0 radical (unpaired) electrons. The zero-order chi connectivity index (χ0) is 17.1. The van der Waals surface area contributed by atoms with Crippen LogP contribution < -0.4 is 5.32 Å². The number of nitrogens with one attached hydrogen (secondary N) is 1. The Bertz CT molecular complexity index is 520. The molecule has 0 aromatic carbocycles. The number of nitrogens with zero attached hydrogens (tertiary/aromatic N) is 1. The van der Waals surface area contributed by atoms with Crippen molar-refractivity contribution < 1.29 is 22.8 Å². The lowest BCUT2D eigenvalue weighted by molar-refractivity contribution is -0.157. The van der Waals surface area contributed by atoms with E-state index in [0.717, 1.165) is 16.7 Å². The molecule has 24 heavy (non-hydrogen) atoms. The fourth-order valence-corrected chi connectivity index (χ4v) is 5.76. The third kappa shape index (κ3) is 3.02. The molecule has 4 saturated carbocycles. The second kappa shape index (κ2) is 5.63. The van der Waals surface area contributed by atoms with E-state index in [0.29, 0.717) is 11.8 Å². The van der Waals surface area contributed by atoms with Crippen molar-refractivity contribution in [2.24, 2.45) is 29.6 Å². The molecule has 2 amide bonds. The third-order valence-electron chi connectivity index (χ3n) is 6.49. The van der Waals surface area contributed by atoms with Gasteiger partial charge in [-0.1, -0.05) is 0 Å². The number of alkyl halides is 3. The van der Waals surface area contributed by atoms with Crippen molar-refractivity contribution in [2.45, 2.75) is 50.7 Å². The van der Waals surface area contributed by atoms with Gasteiger partial charge in [0.15, 0.2) is 0 Å². The summed E-state index contributed by atoms with van der Waals surface area (Å²) in [5, 5.41) is 3.11. The van der Waals surface area contributed by atoms with Crippen LogP contribution in [-0.4, -0.2) is 42.0 Å². The first-order valence-electron chi connectivity index (χ1n) is 8.93. The molecule has 1 N–H and O–H groups in total. The van der Waals surface area contributed by atoms with Crippen LogP contribution in [0.25, 0.3) is 0 Å². The summed E-state index contributed by atoms with van der Waals surface area (Å²) in [7, 11) is 0. The zero-order valence-electron chi connectivity index (χ0n) is 13.5. The summed E-state index contributed by atoms with van der Waals surface area (Å²) in [6.07, 6.45) is 1.49. The van der Waals surface area contributed by atoms with Gasteiger partial charge in [0.2, 0.25) is 11.8 Å². The molecule has 5 fully saturated rings. The number of amides is 2. The van der Waals surface area contributed by atoms with Gasteiger partial charge in [-0.05, 0) is 55.8 Å². The fraction of sp³-hybridized carbons (Fsp3) is 0.882. The summed E-state index contributed by atoms with van der Waals surface area (Å²) in [5.74, 6) is 1.20. The van der Waals surface area contributed by atoms with E-state index in [1.54, 1.807) is 0 Å². The van der Waals surface area contributed by atoms with Gasteiger partial charge in [-0.2, -0.15) is 13.2 Å². The minimum atomic E-state index is -4.41. The highest BCUT2D eigenvalue weighted by Crippen LogP contribution is 2.53. The summed E-state index contributed by atoms with van der Waals surface area (Å²) in [6, 6.07) is 0.164. The lowest BCUT2D eigenvalue weighted by Gasteiger charge is -2.54. The van der Waals surface area contributed by atoms with Crippen LogP contribution in [0.4, 0.5) is 13.2 Å². The van der Waals surface area contributed by atoms with E-state index in [2.05, 4.69) is 5.32 Å². The molecule has 1 heterocycles. The molecular weight excluding hydrogens is 321 g/mol. The first kappa shape index (κ1) is 16.2. The normalized spacial score (nSPS) is 41.1. The maximum absolute atomic E-state index is 12.5. The van der Waals surface area contributed by atoms with Gasteiger partial charge in [0.25, 0.3) is 0 Å². The maximum atomic E-state index is 12.5. The first-order valence-corrected chi connectivity index (χ1v) is 8.93. The molecule has 4 bridgehead atoms. The molecule has 5 aliphatic rings. The number of rotatable bonds is 3. The standard InChI is InChI=1S/C17H23F3N2O2/c18-17(19,20)8-22-7-13(6-14(22)23)16(24)21-15-11-2-9-1-10(4-11)5-12(15)3-9/h9-13,15H,1-8H2,(H,21,24)/t9?,10?,11?,12?,13-,15?/m1/s1. The van der Waals surface area contributed by atoms with Crippen LogP contribution in [0.2, 0.25) is 0 Å². The first-order chi connectivity index (χ1) is 11.3. The monoisotopic (exact) mass is 344 g/mol. The molecular formula is C17H23F3N2O2. The molecule has 0 aromatic rings. The van der Waals surface area contributed by atoms with Crippen molar-refractivity contribution in [3.05, 3.63) is 0 Å². The highest BCUT2D eigenvalue weighted by Gasteiger charge is 2.49.